The SMILES string of the molecule is C1=CC2c3ccccc3N(c3cccc([Si](c4ccccc4)(c4ccccc4)c4cccc(-n5c6c(c7ccccc75)CCC=C6)c4)c3)C2C=C1. The van der Waals surface area contributed by atoms with Crippen molar-refractivity contribution in [2.24, 2.45) is 0 Å². The van der Waals surface area contributed by atoms with Gasteiger partial charge in [-0.25, -0.2) is 0 Å². The Labute approximate surface area is 301 Å². The van der Waals surface area contributed by atoms with Crippen molar-refractivity contribution in [2.45, 2.75) is 24.8 Å². The largest absolute Gasteiger partial charge is 0.333 e. The van der Waals surface area contributed by atoms with Gasteiger partial charge in [-0.3, -0.25) is 0 Å². The lowest BCUT2D eigenvalue weighted by Gasteiger charge is -2.36. The molecule has 3 heteroatoms. The van der Waals surface area contributed by atoms with E-state index in [0.717, 1.165) is 12.8 Å². The summed E-state index contributed by atoms with van der Waals surface area (Å²) in [5.74, 6) is 0.341. The first-order valence-electron chi connectivity index (χ1n) is 18.2. The van der Waals surface area contributed by atoms with Gasteiger partial charge in [0, 0.05) is 34.1 Å². The first-order chi connectivity index (χ1) is 25.3. The number of anilines is 2. The quantitative estimate of drug-likeness (QED) is 0.127. The number of allylic oxidation sites excluding steroid dienone is 3. The topological polar surface area (TPSA) is 8.17 Å². The number of fused-ring (bicyclic) bond motifs is 6. The molecule has 3 aliphatic rings. The number of para-hydroxylation sites is 2. The van der Waals surface area contributed by atoms with Gasteiger partial charge in [0.15, 0.2) is 8.07 Å². The van der Waals surface area contributed by atoms with Gasteiger partial charge in [0.25, 0.3) is 0 Å². The highest BCUT2D eigenvalue weighted by Crippen LogP contribution is 2.47. The monoisotopic (exact) mass is 670 g/mol. The molecule has 0 saturated heterocycles. The normalized spacial score (nSPS) is 17.4. The van der Waals surface area contributed by atoms with Crippen LogP contribution in [0.5, 0.6) is 0 Å². The number of nitrogens with zero attached hydrogens (tertiary/aromatic N) is 2. The molecule has 2 heterocycles. The summed E-state index contributed by atoms with van der Waals surface area (Å²) >= 11 is 0. The molecule has 0 saturated carbocycles. The molecule has 1 aliphatic heterocycles. The van der Waals surface area contributed by atoms with E-state index in [-0.39, 0.29) is 6.04 Å². The fourth-order valence-electron chi connectivity index (χ4n) is 9.20. The molecule has 10 rings (SSSR count). The van der Waals surface area contributed by atoms with Crippen molar-refractivity contribution in [1.29, 1.82) is 0 Å². The fraction of sp³-hybridized carbons (Fsp3) is 0.0833. The third kappa shape index (κ3) is 4.62. The maximum Gasteiger partial charge on any atom is 0.179 e. The van der Waals surface area contributed by atoms with Crippen LogP contribution in [0.25, 0.3) is 22.7 Å². The van der Waals surface area contributed by atoms with Crippen LogP contribution in [0.1, 0.15) is 29.2 Å². The zero-order chi connectivity index (χ0) is 33.8. The third-order valence-electron chi connectivity index (χ3n) is 11.3. The summed E-state index contributed by atoms with van der Waals surface area (Å²) in [6.45, 7) is 0. The second kappa shape index (κ2) is 12.2. The second-order valence-electron chi connectivity index (χ2n) is 14.0. The van der Waals surface area contributed by atoms with Gasteiger partial charge in [-0.05, 0) is 87.2 Å². The van der Waals surface area contributed by atoms with Crippen molar-refractivity contribution in [2.75, 3.05) is 4.90 Å². The molecule has 2 aliphatic carbocycles. The Morgan fingerprint density at radius 2 is 1.18 bits per heavy atom. The van der Waals surface area contributed by atoms with Gasteiger partial charge >= 0.3 is 0 Å². The van der Waals surface area contributed by atoms with Gasteiger partial charge in [0.2, 0.25) is 0 Å². The zero-order valence-electron chi connectivity index (χ0n) is 28.4. The van der Waals surface area contributed by atoms with E-state index in [0.29, 0.717) is 5.92 Å². The molecule has 1 aromatic heterocycles. The minimum absolute atomic E-state index is 0.247. The van der Waals surface area contributed by atoms with Crippen molar-refractivity contribution in [3.8, 4) is 5.69 Å². The summed E-state index contributed by atoms with van der Waals surface area (Å²) in [5, 5.41) is 6.88. The molecule has 244 valence electrons. The number of benzene rings is 6. The summed E-state index contributed by atoms with van der Waals surface area (Å²) in [7, 11) is -2.85. The predicted octanol–water partition coefficient (Wildman–Crippen LogP) is 8.70. The van der Waals surface area contributed by atoms with E-state index in [4.69, 9.17) is 0 Å². The van der Waals surface area contributed by atoms with Crippen LogP contribution in [0.15, 0.2) is 188 Å². The van der Waals surface area contributed by atoms with Crippen LogP contribution < -0.4 is 25.6 Å². The van der Waals surface area contributed by atoms with E-state index in [1.54, 1.807) is 0 Å². The van der Waals surface area contributed by atoms with Crippen LogP contribution in [-0.4, -0.2) is 18.7 Å². The van der Waals surface area contributed by atoms with Crippen molar-refractivity contribution in [1.82, 2.24) is 4.57 Å². The standard InChI is InChI=1S/C48H38N2Si/c1-3-19-37(20-4-1)51(38-21-5-2-6-22-38,39-23-15-17-35(33-39)49-45-29-11-7-25-41(45)42-26-8-12-30-46(42)49)40-24-16-18-36(34-40)50-47-31-13-9-27-43(47)44-28-10-14-32-48(44)50/h1-9,11-27,29-34,41,45H,10,28H2. The van der Waals surface area contributed by atoms with Crippen LogP contribution in [0.4, 0.5) is 11.4 Å². The lowest BCUT2D eigenvalue weighted by atomic mass is 9.91. The molecule has 51 heavy (non-hydrogen) atoms. The third-order valence-corrected chi connectivity index (χ3v) is 16.1. The molecule has 0 amide bonds. The Kier molecular flexibility index (Phi) is 7.14. The van der Waals surface area contributed by atoms with Crippen molar-refractivity contribution < 1.29 is 0 Å². The molecule has 0 radical (unpaired) electrons. The van der Waals surface area contributed by atoms with E-state index < -0.39 is 8.07 Å². The maximum absolute atomic E-state index is 2.85. The molecular formula is C48H38N2Si. The molecule has 2 atom stereocenters. The average molecular weight is 671 g/mol. The van der Waals surface area contributed by atoms with Gasteiger partial charge in [-0.15, -0.1) is 0 Å². The van der Waals surface area contributed by atoms with Gasteiger partial charge in [-0.1, -0.05) is 152 Å². The molecular weight excluding hydrogens is 633 g/mol. The van der Waals surface area contributed by atoms with E-state index >= 15 is 0 Å². The van der Waals surface area contributed by atoms with Gasteiger partial charge in [0.05, 0.1) is 11.6 Å². The lowest BCUT2D eigenvalue weighted by molar-refractivity contribution is 0.745. The highest BCUT2D eigenvalue weighted by atomic mass is 28.3. The smallest absolute Gasteiger partial charge is 0.179 e. The highest BCUT2D eigenvalue weighted by Gasteiger charge is 2.43. The van der Waals surface area contributed by atoms with Crippen molar-refractivity contribution in [3.63, 3.8) is 0 Å². The number of hydrogen-bond acceptors (Lipinski definition) is 1. The van der Waals surface area contributed by atoms with Gasteiger partial charge in [-0.2, -0.15) is 0 Å². The fourth-order valence-corrected chi connectivity index (χ4v) is 14.0. The van der Waals surface area contributed by atoms with E-state index in [9.17, 15) is 0 Å². The minimum atomic E-state index is -2.85. The van der Waals surface area contributed by atoms with Gasteiger partial charge in [0.1, 0.15) is 0 Å². The number of rotatable bonds is 6. The molecule has 2 nitrogen and oxygen atoms in total. The Morgan fingerprint density at radius 1 is 0.549 bits per heavy atom. The summed E-state index contributed by atoms with van der Waals surface area (Å²) < 4.78 is 2.50. The molecule has 0 bridgehead atoms. The second-order valence-corrected chi connectivity index (χ2v) is 17.8. The van der Waals surface area contributed by atoms with Crippen LogP contribution in [0.3, 0.4) is 0 Å². The molecule has 7 aromatic rings. The molecule has 6 aromatic carbocycles. The van der Waals surface area contributed by atoms with Crippen LogP contribution in [-0.2, 0) is 6.42 Å². The molecule has 0 fully saturated rings. The molecule has 0 N–H and O–H groups in total. The maximum atomic E-state index is 2.57. The van der Waals surface area contributed by atoms with E-state index in [1.807, 2.05) is 0 Å². The Balaban J connectivity index is 1.23. The number of hydrogen-bond donors (Lipinski definition) is 0. The highest BCUT2D eigenvalue weighted by molar-refractivity contribution is 7.20. The van der Waals surface area contributed by atoms with Crippen LogP contribution in [0, 0.1) is 0 Å². The minimum Gasteiger partial charge on any atom is -0.333 e. The zero-order valence-corrected chi connectivity index (χ0v) is 29.4. The van der Waals surface area contributed by atoms with Gasteiger partial charge < -0.3 is 9.47 Å². The van der Waals surface area contributed by atoms with Crippen molar-refractivity contribution in [3.05, 3.63) is 205 Å². The summed E-state index contributed by atoms with van der Waals surface area (Å²) in [6, 6.07) is 59.8. The first kappa shape index (κ1) is 30.0. The van der Waals surface area contributed by atoms with Crippen LogP contribution in [0.2, 0.25) is 0 Å². The Bertz CT molecular complexity index is 2470. The average Bonchev–Trinajstić information content (AvgIpc) is 3.73. The Morgan fingerprint density at radius 3 is 1.96 bits per heavy atom. The molecule has 0 spiro atoms. The molecule has 2 unspecified atom stereocenters. The number of aryl methyl sites for hydroxylation is 1. The lowest BCUT2D eigenvalue weighted by Crippen LogP contribution is -2.74. The Hall–Kier alpha value is -5.90. The predicted molar refractivity (Wildman–Crippen MR) is 218 cm³/mol. The van der Waals surface area contributed by atoms with Crippen molar-refractivity contribution >= 4 is 57.2 Å². The first-order valence-corrected chi connectivity index (χ1v) is 20.2. The summed E-state index contributed by atoms with van der Waals surface area (Å²) in [4.78, 5) is 2.57. The summed E-state index contributed by atoms with van der Waals surface area (Å²) in [5.41, 5.74) is 9.19. The van der Waals surface area contributed by atoms with E-state index in [2.05, 4.69) is 204 Å². The van der Waals surface area contributed by atoms with E-state index in [1.165, 1.54) is 65.5 Å². The van der Waals surface area contributed by atoms with Crippen LogP contribution >= 0.6 is 0 Å². The summed E-state index contributed by atoms with van der Waals surface area (Å²) in [6.07, 6.45) is 16.0. The number of aromatic nitrogens is 1.